The summed E-state index contributed by atoms with van der Waals surface area (Å²) in [6.45, 7) is 3.11. The van der Waals surface area contributed by atoms with E-state index >= 15 is 0 Å². The summed E-state index contributed by atoms with van der Waals surface area (Å²) in [5, 5.41) is 26.0. The summed E-state index contributed by atoms with van der Waals surface area (Å²) < 4.78 is 50.0. The molecule has 2 aliphatic carbocycles. The van der Waals surface area contributed by atoms with E-state index < -0.39 is 46.6 Å². The van der Waals surface area contributed by atoms with Gasteiger partial charge >= 0.3 is 22.5 Å². The summed E-state index contributed by atoms with van der Waals surface area (Å²) in [5.41, 5.74) is 11.9. The number of likely N-dealkylation sites (tertiary alicyclic amines) is 2. The number of hydroxylamine groups is 4. The fourth-order valence-electron chi connectivity index (χ4n) is 10.3. The fourth-order valence-corrected chi connectivity index (χ4v) is 11.0. The zero-order chi connectivity index (χ0) is 38.0. The number of urea groups is 2. The van der Waals surface area contributed by atoms with Crippen LogP contribution in [0, 0.1) is 21.6 Å². The fraction of sp³-hybridized carbons (Fsp3) is 0.706. The molecular weight excluding hydrogens is 737 g/mol. The maximum absolute atomic E-state index is 13.9. The van der Waals surface area contributed by atoms with Gasteiger partial charge in [-0.05, 0) is 75.0 Å². The Hall–Kier alpha value is -4.63. The monoisotopic (exact) mass is 782 g/mol. The van der Waals surface area contributed by atoms with Crippen LogP contribution >= 0.6 is 0 Å². The summed E-state index contributed by atoms with van der Waals surface area (Å²) in [7, 11) is -4.91. The number of amides is 4. The first-order chi connectivity index (χ1) is 26.3. The second-order valence-electron chi connectivity index (χ2n) is 16.9. The molecule has 0 unspecified atom stereocenters. The maximum Gasteiger partial charge on any atom is 0.442 e. The van der Waals surface area contributed by atoms with E-state index in [1.165, 1.54) is 0 Å². The van der Waals surface area contributed by atoms with Gasteiger partial charge in [0.2, 0.25) is 0 Å². The van der Waals surface area contributed by atoms with E-state index in [1.807, 2.05) is 21.9 Å². The number of fused-ring (bicyclic) bond motifs is 6. The Kier molecular flexibility index (Phi) is 7.72. The molecule has 8 heterocycles. The predicted molar refractivity (Wildman–Crippen MR) is 189 cm³/mol. The Morgan fingerprint density at radius 3 is 1.44 bits per heavy atom. The third-order valence-electron chi connectivity index (χ3n) is 13.9. The van der Waals surface area contributed by atoms with Crippen LogP contribution < -0.4 is 11.5 Å². The molecule has 21 heteroatoms. The summed E-state index contributed by atoms with van der Waals surface area (Å²) >= 11 is 0. The second kappa shape index (κ2) is 12.2. The molecule has 296 valence electrons. The Morgan fingerprint density at radius 2 is 1.09 bits per heavy atom. The molecular formula is C34H46N12O8S. The highest BCUT2D eigenvalue weighted by molar-refractivity contribution is 7.81. The zero-order valence-corrected chi connectivity index (χ0v) is 31.2. The number of nitrogens with two attached hydrogens (primary N) is 2. The van der Waals surface area contributed by atoms with Crippen LogP contribution in [0.4, 0.5) is 9.59 Å². The van der Waals surface area contributed by atoms with E-state index in [0.717, 1.165) is 73.0 Å². The summed E-state index contributed by atoms with van der Waals surface area (Å²) in [6.07, 6.45) is 7.44. The SMILES string of the molecule is N=C(N)N1CCC(c2cc([C@@H]3CC4(CC4)[C@@H]4CN3C(=O)N4OS(=O)(=O)ON3C(=O)N4C[C@H]3C3(CC3)C[C@H]4c3cc(C4CCN(C(=N)N)CC4)on3)no2)CC1. The van der Waals surface area contributed by atoms with Crippen molar-refractivity contribution in [3.05, 3.63) is 35.0 Å². The molecule has 6 aliphatic heterocycles. The Bertz CT molecular complexity index is 1900. The highest BCUT2D eigenvalue weighted by Gasteiger charge is 2.66. The summed E-state index contributed by atoms with van der Waals surface area (Å²) in [4.78, 5) is 34.7. The van der Waals surface area contributed by atoms with Crippen LogP contribution in [0.1, 0.15) is 111 Å². The summed E-state index contributed by atoms with van der Waals surface area (Å²) in [6, 6.07) is 0.746. The molecule has 4 amide bonds. The van der Waals surface area contributed by atoms with E-state index in [9.17, 15) is 18.0 Å². The van der Waals surface area contributed by atoms with Crippen molar-refractivity contribution in [3.8, 4) is 0 Å². The second-order valence-corrected chi connectivity index (χ2v) is 18.0. The highest BCUT2D eigenvalue weighted by atomic mass is 32.3. The van der Waals surface area contributed by atoms with Gasteiger partial charge in [0.25, 0.3) is 0 Å². The standard InChI is InChI=1S/C34H46N12O8S/c35-29(36)41-9-1-19(2-10-41)25-13-21(39-51-25)23-15-33(5-6-33)27-17-43(23)31(47)45(27)53-55(49,50)54-46-28-18-44(32(46)48)24(16-34(28)7-8-34)22-14-26(52-40-22)20-3-11-42(12-4-20)30(37)38/h13-14,19-20,23-24,27-28H,1-12,15-18H2,(H3,35,36)(H3,37,38)/t23-,24-,27-,28-/m0/s1. The predicted octanol–water partition coefficient (Wildman–Crippen LogP) is 2.28. The van der Waals surface area contributed by atoms with Gasteiger partial charge in [0.05, 0.1) is 24.2 Å². The van der Waals surface area contributed by atoms with E-state index in [-0.39, 0.29) is 47.7 Å². The van der Waals surface area contributed by atoms with Gasteiger partial charge < -0.3 is 40.1 Å². The third-order valence-corrected chi connectivity index (χ3v) is 14.6. The smallest absolute Gasteiger partial charge is 0.370 e. The van der Waals surface area contributed by atoms with Gasteiger partial charge in [0, 0.05) is 63.2 Å². The molecule has 4 bridgehead atoms. The van der Waals surface area contributed by atoms with Crippen molar-refractivity contribution in [3.63, 3.8) is 0 Å². The molecule has 55 heavy (non-hydrogen) atoms. The van der Waals surface area contributed by atoms with Crippen LogP contribution in [-0.4, -0.2) is 124 Å². The van der Waals surface area contributed by atoms with E-state index in [4.69, 9.17) is 39.9 Å². The topological polar surface area (TPSA) is 258 Å². The minimum atomic E-state index is -4.91. The number of piperidine rings is 4. The van der Waals surface area contributed by atoms with Gasteiger partial charge in [-0.2, -0.15) is 18.5 Å². The van der Waals surface area contributed by atoms with Gasteiger partial charge in [-0.3, -0.25) is 10.8 Å². The molecule has 2 aromatic rings. The molecule has 6 saturated heterocycles. The van der Waals surface area contributed by atoms with Crippen LogP contribution in [0.15, 0.2) is 21.2 Å². The van der Waals surface area contributed by atoms with Crippen molar-refractivity contribution in [2.24, 2.45) is 22.3 Å². The molecule has 8 fully saturated rings. The van der Waals surface area contributed by atoms with Gasteiger partial charge in [0.15, 0.2) is 11.9 Å². The van der Waals surface area contributed by atoms with E-state index in [0.29, 0.717) is 50.4 Å². The lowest BCUT2D eigenvalue weighted by Crippen LogP contribution is -2.45. The molecule has 2 saturated carbocycles. The summed E-state index contributed by atoms with van der Waals surface area (Å²) in [5.74, 6) is 1.79. The average Bonchev–Trinajstić information content (AvgIpc) is 3.86. The Morgan fingerprint density at radius 1 is 0.709 bits per heavy atom. The van der Waals surface area contributed by atoms with Crippen LogP contribution in [0.25, 0.3) is 0 Å². The van der Waals surface area contributed by atoms with Crippen molar-refractivity contribution >= 4 is 34.4 Å². The lowest BCUT2D eigenvalue weighted by atomic mass is 9.84. The minimum absolute atomic E-state index is 0.0557. The number of guanidine groups is 2. The van der Waals surface area contributed by atoms with Crippen molar-refractivity contribution in [2.75, 3.05) is 39.3 Å². The first kappa shape index (κ1) is 34.8. The van der Waals surface area contributed by atoms with Gasteiger partial charge in [-0.15, -0.1) is 8.57 Å². The van der Waals surface area contributed by atoms with Gasteiger partial charge in [0.1, 0.15) is 22.9 Å². The first-order valence-corrected chi connectivity index (χ1v) is 20.6. The van der Waals surface area contributed by atoms with Crippen molar-refractivity contribution < 1.29 is 35.6 Å². The molecule has 20 nitrogen and oxygen atoms in total. The molecule has 8 aliphatic rings. The number of nitrogens with one attached hydrogen (secondary N) is 2. The number of rotatable bonds is 8. The molecule has 6 N–H and O–H groups in total. The van der Waals surface area contributed by atoms with Crippen LogP contribution in [0.3, 0.4) is 0 Å². The largest absolute Gasteiger partial charge is 0.442 e. The lowest BCUT2D eigenvalue weighted by molar-refractivity contribution is -0.101. The van der Waals surface area contributed by atoms with Crippen LogP contribution in [-0.2, 0) is 19.0 Å². The molecule has 0 aromatic carbocycles. The lowest BCUT2D eigenvalue weighted by Gasteiger charge is -2.36. The average molecular weight is 783 g/mol. The molecule has 4 atom stereocenters. The number of aromatic nitrogens is 2. The third kappa shape index (κ3) is 5.70. The van der Waals surface area contributed by atoms with E-state index in [1.54, 1.807) is 9.80 Å². The molecule has 10 rings (SSSR count). The highest BCUT2D eigenvalue weighted by Crippen LogP contribution is 2.63. The maximum atomic E-state index is 13.9. The van der Waals surface area contributed by atoms with Crippen molar-refractivity contribution in [1.29, 1.82) is 10.8 Å². The quantitative estimate of drug-likeness (QED) is 0.221. The normalized spacial score (nSPS) is 30.0. The molecule has 0 radical (unpaired) electrons. The Labute approximate surface area is 317 Å². The van der Waals surface area contributed by atoms with Crippen molar-refractivity contribution in [1.82, 2.24) is 40.0 Å². The van der Waals surface area contributed by atoms with Crippen LogP contribution in [0.2, 0.25) is 0 Å². The number of hydrogen-bond donors (Lipinski definition) is 4. The van der Waals surface area contributed by atoms with Crippen LogP contribution in [0.5, 0.6) is 0 Å². The van der Waals surface area contributed by atoms with E-state index in [2.05, 4.69) is 10.3 Å². The van der Waals surface area contributed by atoms with Crippen molar-refractivity contribution in [2.45, 2.75) is 100 Å². The van der Waals surface area contributed by atoms with Gasteiger partial charge in [-0.1, -0.05) is 10.3 Å². The Balaban J connectivity index is 0.819. The number of hydrogen-bond acceptors (Lipinski definition) is 12. The minimum Gasteiger partial charge on any atom is -0.370 e. The number of nitrogens with zero attached hydrogens (tertiary/aromatic N) is 8. The number of carbonyl (C=O) groups is 2. The number of carbonyl (C=O) groups excluding carboxylic acids is 2. The molecule has 2 aromatic heterocycles. The molecule has 2 spiro atoms. The zero-order valence-electron chi connectivity index (χ0n) is 30.3. The van der Waals surface area contributed by atoms with Gasteiger partial charge in [-0.25, -0.2) is 9.59 Å². The first-order valence-electron chi connectivity index (χ1n) is 19.3.